The molecule has 0 saturated carbocycles. The fraction of sp³-hybridized carbons (Fsp3) is 0.450. The minimum Gasteiger partial charge on any atom is -0.501 e. The van der Waals surface area contributed by atoms with E-state index in [1.807, 2.05) is 6.92 Å². The van der Waals surface area contributed by atoms with Crippen molar-refractivity contribution in [3.8, 4) is 5.75 Å². The first-order valence-electron chi connectivity index (χ1n) is 9.78. The van der Waals surface area contributed by atoms with Crippen LogP contribution in [0.5, 0.6) is 5.75 Å². The Morgan fingerprint density at radius 2 is 2.17 bits per heavy atom. The number of ether oxygens (including phenoxy) is 1. The Morgan fingerprint density at radius 1 is 1.40 bits per heavy atom. The van der Waals surface area contributed by atoms with Gasteiger partial charge in [0.2, 0.25) is 5.75 Å². The number of nitrogens with one attached hydrogen (secondary N) is 1. The van der Waals surface area contributed by atoms with Crippen LogP contribution in [0.15, 0.2) is 27.9 Å². The molecule has 0 aliphatic carbocycles. The number of hydrogen-bond donors (Lipinski definition) is 2. The summed E-state index contributed by atoms with van der Waals surface area (Å²) in [5.74, 6) is -1.16. The zero-order valence-corrected chi connectivity index (χ0v) is 17.6. The molecule has 3 heterocycles. The van der Waals surface area contributed by atoms with E-state index in [-0.39, 0.29) is 29.6 Å². The van der Waals surface area contributed by atoms with Crippen LogP contribution >= 0.6 is 0 Å². The molecule has 1 amide bonds. The van der Waals surface area contributed by atoms with Crippen LogP contribution in [0, 0.1) is 0 Å². The van der Waals surface area contributed by atoms with E-state index >= 15 is 0 Å². The van der Waals surface area contributed by atoms with Gasteiger partial charge in [-0.2, -0.15) is 0 Å². The van der Waals surface area contributed by atoms with Crippen molar-refractivity contribution in [3.63, 3.8) is 0 Å². The zero-order chi connectivity index (χ0) is 21.7. The summed E-state index contributed by atoms with van der Waals surface area (Å²) < 4.78 is 31.8. The molecule has 0 saturated heterocycles. The van der Waals surface area contributed by atoms with Crippen LogP contribution < -0.4 is 10.9 Å². The number of benzene rings is 1. The van der Waals surface area contributed by atoms with Crippen LogP contribution in [0.4, 0.5) is 0 Å². The Morgan fingerprint density at radius 3 is 2.90 bits per heavy atom. The maximum absolute atomic E-state index is 12.8. The monoisotopic (exact) mass is 433 g/mol. The highest BCUT2D eigenvalue weighted by Gasteiger charge is 2.37. The van der Waals surface area contributed by atoms with E-state index in [4.69, 9.17) is 4.74 Å². The second-order valence-electron chi connectivity index (χ2n) is 7.68. The Labute approximate surface area is 173 Å². The number of carbonyl (C=O) groups is 1. The van der Waals surface area contributed by atoms with Crippen LogP contribution in [-0.4, -0.2) is 41.3 Å². The SMILES string of the molecule is CCC1(C)OCCn2c1nc(C(=O)NCc1cccc3c1S(=O)(=O)CC3)c(O)c2=O. The van der Waals surface area contributed by atoms with Crippen molar-refractivity contribution in [3.05, 3.63) is 51.2 Å². The fourth-order valence-electron chi connectivity index (χ4n) is 3.98. The zero-order valence-electron chi connectivity index (χ0n) is 16.8. The quantitative estimate of drug-likeness (QED) is 0.732. The van der Waals surface area contributed by atoms with Gasteiger partial charge in [0, 0.05) is 6.54 Å². The molecule has 0 spiro atoms. The Balaban J connectivity index is 1.66. The first-order valence-corrected chi connectivity index (χ1v) is 11.4. The topological polar surface area (TPSA) is 128 Å². The van der Waals surface area contributed by atoms with E-state index in [9.17, 15) is 23.1 Å². The third kappa shape index (κ3) is 3.20. The normalized spacial score (nSPS) is 21.7. The lowest BCUT2D eigenvalue weighted by Crippen LogP contribution is -2.43. The van der Waals surface area contributed by atoms with Crippen molar-refractivity contribution in [2.75, 3.05) is 12.4 Å². The molecule has 0 radical (unpaired) electrons. The standard InChI is InChI=1S/C20H23N3O6S/c1-3-20(2)19-22-14(15(24)18(26)23(19)8-9-29-20)17(25)21-11-13-6-4-5-12-7-10-30(27,28)16(12)13/h4-6,24H,3,7-11H2,1-2H3,(H,21,25). The van der Waals surface area contributed by atoms with Gasteiger partial charge in [-0.15, -0.1) is 0 Å². The van der Waals surface area contributed by atoms with Gasteiger partial charge >= 0.3 is 0 Å². The summed E-state index contributed by atoms with van der Waals surface area (Å²) in [6.45, 7) is 4.13. The van der Waals surface area contributed by atoms with Crippen LogP contribution in [0.1, 0.15) is 47.7 Å². The molecule has 30 heavy (non-hydrogen) atoms. The largest absolute Gasteiger partial charge is 0.501 e. The first-order chi connectivity index (χ1) is 14.2. The average Bonchev–Trinajstić information content (AvgIpc) is 3.04. The molecule has 2 N–H and O–H groups in total. The van der Waals surface area contributed by atoms with Gasteiger partial charge in [0.1, 0.15) is 11.4 Å². The first kappa shape index (κ1) is 20.5. The Kier molecular flexibility index (Phi) is 4.94. The Bertz CT molecular complexity index is 1200. The van der Waals surface area contributed by atoms with Crippen molar-refractivity contribution in [1.29, 1.82) is 0 Å². The number of nitrogens with zero attached hydrogens (tertiary/aromatic N) is 2. The molecule has 1 unspecified atom stereocenters. The van der Waals surface area contributed by atoms with Crippen LogP contribution in [0.3, 0.4) is 0 Å². The highest BCUT2D eigenvalue weighted by Crippen LogP contribution is 2.31. The molecule has 160 valence electrons. The third-order valence-electron chi connectivity index (χ3n) is 5.81. The fourth-order valence-corrected chi connectivity index (χ4v) is 5.78. The lowest BCUT2D eigenvalue weighted by atomic mass is 10.00. The molecule has 1 aromatic carbocycles. The van der Waals surface area contributed by atoms with Crippen LogP contribution in [0.25, 0.3) is 0 Å². The number of carbonyl (C=O) groups excluding carboxylic acids is 1. The van der Waals surface area contributed by atoms with E-state index in [0.29, 0.717) is 25.0 Å². The summed E-state index contributed by atoms with van der Waals surface area (Å²) in [5.41, 5.74) is -0.753. The molecule has 2 aliphatic heterocycles. The molecule has 10 heteroatoms. The van der Waals surface area contributed by atoms with E-state index < -0.39 is 38.3 Å². The van der Waals surface area contributed by atoms with Crippen LogP contribution in [0.2, 0.25) is 0 Å². The summed E-state index contributed by atoms with van der Waals surface area (Å²) in [6.07, 6.45) is 0.971. The molecule has 1 atom stereocenters. The van der Waals surface area contributed by atoms with E-state index in [0.717, 1.165) is 5.56 Å². The number of fused-ring (bicyclic) bond motifs is 2. The average molecular weight is 433 g/mol. The van der Waals surface area contributed by atoms with E-state index in [1.54, 1.807) is 25.1 Å². The van der Waals surface area contributed by atoms with Gasteiger partial charge in [0.25, 0.3) is 11.5 Å². The Hall–Kier alpha value is -2.72. The minimum atomic E-state index is -3.38. The smallest absolute Gasteiger partial charge is 0.296 e. The predicted octanol–water partition coefficient (Wildman–Crippen LogP) is 0.864. The number of amides is 1. The molecule has 4 rings (SSSR count). The number of aryl methyl sites for hydroxylation is 1. The second kappa shape index (κ2) is 7.21. The number of aromatic hydroxyl groups is 1. The molecule has 2 aliphatic rings. The van der Waals surface area contributed by atoms with Crippen molar-refractivity contribution in [1.82, 2.24) is 14.9 Å². The highest BCUT2D eigenvalue weighted by atomic mass is 32.2. The molecule has 1 aromatic heterocycles. The highest BCUT2D eigenvalue weighted by molar-refractivity contribution is 7.91. The summed E-state index contributed by atoms with van der Waals surface area (Å²) >= 11 is 0. The van der Waals surface area contributed by atoms with Gasteiger partial charge in [-0.1, -0.05) is 25.1 Å². The number of sulfone groups is 1. The number of aromatic nitrogens is 2. The van der Waals surface area contributed by atoms with E-state index in [1.165, 1.54) is 4.57 Å². The van der Waals surface area contributed by atoms with Gasteiger partial charge in [-0.3, -0.25) is 14.2 Å². The second-order valence-corrected chi connectivity index (χ2v) is 9.73. The molecule has 9 nitrogen and oxygen atoms in total. The number of rotatable bonds is 4. The van der Waals surface area contributed by atoms with Crippen molar-refractivity contribution >= 4 is 15.7 Å². The van der Waals surface area contributed by atoms with Gasteiger partial charge in [-0.05, 0) is 30.9 Å². The van der Waals surface area contributed by atoms with Crippen molar-refractivity contribution in [2.24, 2.45) is 0 Å². The summed E-state index contributed by atoms with van der Waals surface area (Å²) in [4.78, 5) is 29.9. The van der Waals surface area contributed by atoms with E-state index in [2.05, 4.69) is 10.3 Å². The maximum atomic E-state index is 12.8. The molecular weight excluding hydrogens is 410 g/mol. The summed E-state index contributed by atoms with van der Waals surface area (Å²) in [6, 6.07) is 5.14. The van der Waals surface area contributed by atoms with Gasteiger partial charge in [-0.25, -0.2) is 13.4 Å². The van der Waals surface area contributed by atoms with Gasteiger partial charge < -0.3 is 15.2 Å². The van der Waals surface area contributed by atoms with Crippen molar-refractivity contribution in [2.45, 2.75) is 50.3 Å². The summed E-state index contributed by atoms with van der Waals surface area (Å²) in [5, 5.41) is 12.9. The molecule has 2 aromatic rings. The van der Waals surface area contributed by atoms with Crippen LogP contribution in [-0.2, 0) is 39.7 Å². The lowest BCUT2D eigenvalue weighted by molar-refractivity contribution is -0.0728. The molecule has 0 fully saturated rings. The maximum Gasteiger partial charge on any atom is 0.296 e. The molecule has 0 bridgehead atoms. The summed E-state index contributed by atoms with van der Waals surface area (Å²) in [7, 11) is -3.38. The van der Waals surface area contributed by atoms with Gasteiger partial charge in [0.05, 0.1) is 23.8 Å². The van der Waals surface area contributed by atoms with Crippen molar-refractivity contribution < 1.29 is 23.1 Å². The lowest BCUT2D eigenvalue weighted by Gasteiger charge is -2.34. The predicted molar refractivity (Wildman–Crippen MR) is 107 cm³/mol. The molecular formula is C20H23N3O6S. The van der Waals surface area contributed by atoms with Gasteiger partial charge in [0.15, 0.2) is 15.5 Å². The third-order valence-corrected chi connectivity index (χ3v) is 7.70. The number of hydrogen-bond acceptors (Lipinski definition) is 7. The minimum absolute atomic E-state index is 0.0484.